The number of nitrogens with one attached hydrogen (secondary N) is 2. The Labute approximate surface area is 327 Å². The van der Waals surface area contributed by atoms with Gasteiger partial charge in [0.05, 0.1) is 11.3 Å². The summed E-state index contributed by atoms with van der Waals surface area (Å²) in [5.74, 6) is -2.28. The zero-order chi connectivity index (χ0) is 40.5. The molecule has 2 aromatic heterocycles. The molecule has 2 heterocycles. The third kappa shape index (κ3) is 13.4. The van der Waals surface area contributed by atoms with Gasteiger partial charge in [-0.05, 0) is 43.2 Å². The van der Waals surface area contributed by atoms with Crippen molar-refractivity contribution in [2.24, 2.45) is 5.73 Å². The molecule has 0 fully saturated rings. The van der Waals surface area contributed by atoms with Crippen LogP contribution < -0.4 is 21.1 Å². The van der Waals surface area contributed by atoms with E-state index in [1.807, 2.05) is 36.6 Å². The van der Waals surface area contributed by atoms with Crippen LogP contribution in [0.15, 0.2) is 58.9 Å². The quantitative estimate of drug-likeness (QED) is 0.0521. The molecule has 0 bridgehead atoms. The average Bonchev–Trinajstić information content (AvgIpc) is 3.63. The molecule has 2 aromatic carbocycles. The molecule has 0 aliphatic heterocycles. The van der Waals surface area contributed by atoms with Gasteiger partial charge in [0.1, 0.15) is 58.6 Å². The summed E-state index contributed by atoms with van der Waals surface area (Å²) in [5.41, 5.74) is 8.85. The summed E-state index contributed by atoms with van der Waals surface area (Å²) in [6.45, 7) is 4.40. The Morgan fingerprint density at radius 2 is 1.67 bits per heavy atom. The van der Waals surface area contributed by atoms with Crippen molar-refractivity contribution in [2.75, 3.05) is 31.6 Å². The fraction of sp³-hybridized carbons (Fsp3) is 0.306. The predicted molar refractivity (Wildman–Crippen MR) is 201 cm³/mol. The van der Waals surface area contributed by atoms with Crippen LogP contribution >= 0.6 is 34.7 Å². The smallest absolute Gasteiger partial charge is 0.490 e. The van der Waals surface area contributed by atoms with Crippen molar-refractivity contribution in [3.8, 4) is 39.6 Å². The summed E-state index contributed by atoms with van der Waals surface area (Å²) >= 11 is 8.94. The maximum Gasteiger partial charge on any atom is 0.490 e. The van der Waals surface area contributed by atoms with Gasteiger partial charge in [-0.1, -0.05) is 54.6 Å². The van der Waals surface area contributed by atoms with Crippen molar-refractivity contribution < 1.29 is 42.1 Å². The summed E-state index contributed by atoms with van der Waals surface area (Å²) in [7, 11) is 0. The van der Waals surface area contributed by atoms with Gasteiger partial charge < -0.3 is 30.9 Å². The van der Waals surface area contributed by atoms with Gasteiger partial charge in [-0.2, -0.15) is 23.7 Å². The van der Waals surface area contributed by atoms with Gasteiger partial charge in [0, 0.05) is 46.8 Å². The SMILES string of the molecule is CCCNc1nc(SCc2csc(-c3ccc(Cl)cc3)n2)c(C#N)c(-c2ccc(OCCOC(=O)[C@H](C)NC(=O)CCN)cc2)c1C#N.O=C(O)C(F)(F)F. The maximum absolute atomic E-state index is 12.1. The number of anilines is 1. The number of alkyl halides is 3. The van der Waals surface area contributed by atoms with Crippen molar-refractivity contribution in [1.29, 1.82) is 10.5 Å². The minimum absolute atomic E-state index is 0.0214. The van der Waals surface area contributed by atoms with E-state index in [2.05, 4.69) is 22.8 Å². The standard InChI is InChI=1S/C34H34ClN7O4S2.C2HF3O2/c1-3-14-39-31-27(17-37)30(22-6-10-26(11-7-22)45-15-16-46-34(44)21(2)40-29(43)12-13-36)28(18-38)33(42-31)48-20-25-19-47-32(41-25)23-4-8-24(35)9-5-23;3-2(4,5)1(6)7/h4-11,19,21H,3,12-16,20,36H2,1-2H3,(H,39,42)(H,40,43);(H,6,7)/t21-;/m0./s1. The molecule has 0 spiro atoms. The number of nitriles is 2. The molecule has 0 aliphatic carbocycles. The molecule has 0 saturated carbocycles. The van der Waals surface area contributed by atoms with Gasteiger partial charge in [-0.3, -0.25) is 4.79 Å². The monoisotopic (exact) mass is 817 g/mol. The minimum atomic E-state index is -5.08. The molecule has 19 heteroatoms. The average molecular weight is 818 g/mol. The molecule has 5 N–H and O–H groups in total. The number of thioether (sulfide) groups is 1. The largest absolute Gasteiger partial charge is 0.490 e. The first-order valence-electron chi connectivity index (χ1n) is 16.4. The van der Waals surface area contributed by atoms with Gasteiger partial charge in [-0.25, -0.2) is 19.6 Å². The summed E-state index contributed by atoms with van der Waals surface area (Å²) in [6.07, 6.45) is -4.14. The number of carboxylic acids is 1. The lowest BCUT2D eigenvalue weighted by Gasteiger charge is -2.16. The number of benzene rings is 2. The van der Waals surface area contributed by atoms with Crippen LogP contribution in [0.4, 0.5) is 19.0 Å². The molecule has 13 nitrogen and oxygen atoms in total. The zero-order valence-corrected chi connectivity index (χ0v) is 31.8. The molecule has 0 saturated heterocycles. The summed E-state index contributed by atoms with van der Waals surface area (Å²) in [4.78, 5) is 42.2. The Balaban J connectivity index is 0.00000106. The van der Waals surface area contributed by atoms with Crippen LogP contribution in [0.1, 0.15) is 43.5 Å². The van der Waals surface area contributed by atoms with Crippen molar-refractivity contribution in [1.82, 2.24) is 15.3 Å². The second-order valence-electron chi connectivity index (χ2n) is 11.2. The van der Waals surface area contributed by atoms with Gasteiger partial charge in [-0.15, -0.1) is 11.3 Å². The van der Waals surface area contributed by atoms with Crippen LogP contribution in [-0.2, 0) is 24.9 Å². The van der Waals surface area contributed by atoms with Crippen molar-refractivity contribution in [2.45, 2.75) is 49.7 Å². The molecule has 0 radical (unpaired) electrons. The first-order chi connectivity index (χ1) is 26.2. The highest BCUT2D eigenvalue weighted by molar-refractivity contribution is 7.98. The lowest BCUT2D eigenvalue weighted by molar-refractivity contribution is -0.192. The number of rotatable bonds is 16. The number of thiazole rings is 1. The van der Waals surface area contributed by atoms with E-state index in [0.717, 1.165) is 22.7 Å². The number of nitrogens with zero attached hydrogens (tertiary/aromatic N) is 4. The third-order valence-electron chi connectivity index (χ3n) is 7.01. The lowest BCUT2D eigenvalue weighted by Crippen LogP contribution is -2.40. The number of hydrogen-bond donors (Lipinski definition) is 4. The zero-order valence-electron chi connectivity index (χ0n) is 29.4. The number of hydrogen-bond acceptors (Lipinski definition) is 13. The van der Waals surface area contributed by atoms with Crippen LogP contribution in [-0.4, -0.2) is 71.4 Å². The molecule has 0 aliphatic rings. The maximum atomic E-state index is 12.1. The summed E-state index contributed by atoms with van der Waals surface area (Å²) in [5, 5.41) is 37.4. The Morgan fingerprint density at radius 1 is 1.04 bits per heavy atom. The van der Waals surface area contributed by atoms with E-state index in [-0.39, 0.29) is 37.6 Å². The first-order valence-corrected chi connectivity index (χ1v) is 18.6. The summed E-state index contributed by atoms with van der Waals surface area (Å²) < 4.78 is 42.7. The molecule has 55 heavy (non-hydrogen) atoms. The second-order valence-corrected chi connectivity index (χ2v) is 13.4. The fourth-order valence-corrected chi connectivity index (χ4v) is 6.37. The molecule has 0 unspecified atom stereocenters. The van der Waals surface area contributed by atoms with Crippen LogP contribution in [0.2, 0.25) is 5.02 Å². The number of esters is 1. The van der Waals surface area contributed by atoms with Gasteiger partial charge in [0.15, 0.2) is 0 Å². The molecular weight excluding hydrogens is 783 g/mol. The van der Waals surface area contributed by atoms with Crippen LogP contribution in [0.5, 0.6) is 5.75 Å². The van der Waals surface area contributed by atoms with Gasteiger partial charge in [0.25, 0.3) is 0 Å². The highest BCUT2D eigenvalue weighted by Crippen LogP contribution is 2.38. The highest BCUT2D eigenvalue weighted by Gasteiger charge is 2.38. The number of amides is 1. The highest BCUT2D eigenvalue weighted by atomic mass is 35.5. The number of halogens is 4. The van der Waals surface area contributed by atoms with Crippen molar-refractivity contribution in [3.05, 3.63) is 75.8 Å². The number of aromatic nitrogens is 2. The molecule has 290 valence electrons. The Morgan fingerprint density at radius 3 is 2.25 bits per heavy atom. The fourth-order valence-electron chi connectivity index (χ4n) is 4.43. The predicted octanol–water partition coefficient (Wildman–Crippen LogP) is 6.79. The normalized spacial score (nSPS) is 11.2. The number of ether oxygens (including phenoxy) is 2. The molecule has 1 amide bonds. The molecule has 4 rings (SSSR count). The number of carbonyl (C=O) groups is 3. The third-order valence-corrected chi connectivity index (χ3v) is 9.22. The topological polar surface area (TPSA) is 213 Å². The van der Waals surface area contributed by atoms with Gasteiger partial charge in [0.2, 0.25) is 5.91 Å². The van der Waals surface area contributed by atoms with Crippen molar-refractivity contribution in [3.63, 3.8) is 0 Å². The number of aliphatic carboxylic acids is 1. The number of carbonyl (C=O) groups excluding carboxylic acids is 2. The van der Waals surface area contributed by atoms with E-state index < -0.39 is 24.2 Å². The molecule has 1 atom stereocenters. The van der Waals surface area contributed by atoms with Crippen molar-refractivity contribution >= 4 is 58.4 Å². The Kier molecular flexibility index (Phi) is 17.2. The van der Waals surface area contributed by atoms with Crippen LogP contribution in [0, 0.1) is 22.7 Å². The molecule has 4 aromatic rings. The number of nitrogens with two attached hydrogens (primary N) is 1. The molecular formula is C36H35ClF3N7O6S2. The van der Waals surface area contributed by atoms with E-state index in [9.17, 15) is 33.3 Å². The Bertz CT molecular complexity index is 2020. The second kappa shape index (κ2) is 21.5. The van der Waals surface area contributed by atoms with E-state index in [4.69, 9.17) is 46.7 Å². The van der Waals surface area contributed by atoms with E-state index in [1.165, 1.54) is 30.0 Å². The summed E-state index contributed by atoms with van der Waals surface area (Å²) in [6, 6.07) is 18.2. The van der Waals surface area contributed by atoms with Crippen LogP contribution in [0.25, 0.3) is 21.7 Å². The Hall–Kier alpha value is -5.40. The lowest BCUT2D eigenvalue weighted by atomic mass is 9.96. The number of pyridine rings is 1. The van der Waals surface area contributed by atoms with E-state index in [0.29, 0.717) is 50.6 Å². The minimum Gasteiger partial charge on any atom is -0.490 e. The van der Waals surface area contributed by atoms with E-state index >= 15 is 0 Å². The van der Waals surface area contributed by atoms with Crippen LogP contribution in [0.3, 0.4) is 0 Å². The van der Waals surface area contributed by atoms with E-state index in [1.54, 1.807) is 24.3 Å². The first kappa shape index (κ1) is 44.0. The van der Waals surface area contributed by atoms with Gasteiger partial charge >= 0.3 is 18.1 Å². The number of carboxylic acid groups (broad SMARTS) is 1.